The Morgan fingerprint density at radius 2 is 1.63 bits per heavy atom. The predicted molar refractivity (Wildman–Crippen MR) is 103 cm³/mol. The number of aromatic nitrogens is 2. The maximum atomic E-state index is 12.5. The van der Waals surface area contributed by atoms with Crippen molar-refractivity contribution in [1.29, 1.82) is 0 Å². The fraction of sp³-hybridized carbons (Fsp3) is 0.143. The van der Waals surface area contributed by atoms with Crippen molar-refractivity contribution in [2.24, 2.45) is 0 Å². The molecule has 2 aromatic carbocycles. The average molecular weight is 364 g/mol. The van der Waals surface area contributed by atoms with Crippen LogP contribution in [0, 0.1) is 0 Å². The van der Waals surface area contributed by atoms with Gasteiger partial charge in [-0.3, -0.25) is 4.79 Å². The van der Waals surface area contributed by atoms with Crippen LogP contribution in [-0.4, -0.2) is 37.1 Å². The van der Waals surface area contributed by atoms with Gasteiger partial charge in [0.15, 0.2) is 17.3 Å². The largest absolute Gasteiger partial charge is 0.496 e. The van der Waals surface area contributed by atoms with Gasteiger partial charge in [0.1, 0.15) is 5.75 Å². The van der Waals surface area contributed by atoms with Crippen LogP contribution in [-0.2, 0) is 0 Å². The highest BCUT2D eigenvalue weighted by atomic mass is 16.5. The number of hydrogen-bond donors (Lipinski definition) is 1. The van der Waals surface area contributed by atoms with E-state index in [4.69, 9.17) is 14.2 Å². The lowest BCUT2D eigenvalue weighted by molar-refractivity contribution is 0.104. The molecule has 0 radical (unpaired) electrons. The van der Waals surface area contributed by atoms with E-state index in [1.165, 1.54) is 6.08 Å². The molecule has 27 heavy (non-hydrogen) atoms. The molecule has 1 heterocycles. The Labute approximate surface area is 157 Å². The van der Waals surface area contributed by atoms with E-state index in [9.17, 15) is 4.79 Å². The smallest absolute Gasteiger partial charge is 0.185 e. The fourth-order valence-electron chi connectivity index (χ4n) is 2.67. The molecule has 3 aromatic rings. The van der Waals surface area contributed by atoms with Gasteiger partial charge < -0.3 is 19.2 Å². The molecule has 0 saturated carbocycles. The van der Waals surface area contributed by atoms with Crippen molar-refractivity contribution in [2.45, 2.75) is 0 Å². The molecule has 0 amide bonds. The number of nitrogens with one attached hydrogen (secondary N) is 1. The van der Waals surface area contributed by atoms with E-state index in [0.29, 0.717) is 22.8 Å². The van der Waals surface area contributed by atoms with Gasteiger partial charge in [0.2, 0.25) is 0 Å². The van der Waals surface area contributed by atoms with Gasteiger partial charge in [-0.2, -0.15) is 0 Å². The van der Waals surface area contributed by atoms with Crippen LogP contribution < -0.4 is 14.2 Å². The van der Waals surface area contributed by atoms with E-state index in [0.717, 1.165) is 16.8 Å². The maximum absolute atomic E-state index is 12.5. The van der Waals surface area contributed by atoms with E-state index in [1.54, 1.807) is 64.2 Å². The van der Waals surface area contributed by atoms with Crippen molar-refractivity contribution in [3.05, 3.63) is 66.1 Å². The number of hydrogen-bond acceptors (Lipinski definition) is 5. The Hall–Kier alpha value is -3.54. The van der Waals surface area contributed by atoms with Crippen molar-refractivity contribution in [1.82, 2.24) is 9.97 Å². The van der Waals surface area contributed by atoms with Crippen molar-refractivity contribution in [3.8, 4) is 28.5 Å². The van der Waals surface area contributed by atoms with E-state index in [2.05, 4.69) is 9.97 Å². The third kappa shape index (κ3) is 4.00. The van der Waals surface area contributed by atoms with E-state index in [-0.39, 0.29) is 5.78 Å². The Morgan fingerprint density at radius 1 is 0.963 bits per heavy atom. The molecule has 0 bridgehead atoms. The number of carbonyl (C=O) groups excluding carboxylic acids is 1. The Kier molecular flexibility index (Phi) is 5.56. The number of methoxy groups -OCH3 is 3. The fourth-order valence-corrected chi connectivity index (χ4v) is 2.67. The van der Waals surface area contributed by atoms with E-state index < -0.39 is 0 Å². The van der Waals surface area contributed by atoms with Crippen LogP contribution in [0.15, 0.2) is 55.0 Å². The van der Waals surface area contributed by atoms with Crippen LogP contribution in [0.25, 0.3) is 17.3 Å². The number of ketones is 1. The van der Waals surface area contributed by atoms with Gasteiger partial charge in [0, 0.05) is 17.2 Å². The summed E-state index contributed by atoms with van der Waals surface area (Å²) >= 11 is 0. The summed E-state index contributed by atoms with van der Waals surface area (Å²) in [5.74, 6) is 1.61. The number of rotatable bonds is 7. The summed E-state index contributed by atoms with van der Waals surface area (Å²) < 4.78 is 16.0. The molecule has 3 rings (SSSR count). The zero-order chi connectivity index (χ0) is 19.2. The number of ether oxygens (including phenoxy) is 3. The molecular weight excluding hydrogens is 344 g/mol. The number of H-pyrrole nitrogens is 1. The van der Waals surface area contributed by atoms with Crippen molar-refractivity contribution in [2.75, 3.05) is 21.3 Å². The minimum atomic E-state index is -0.108. The Morgan fingerprint density at radius 3 is 2.22 bits per heavy atom. The SMILES string of the molecule is COc1cc(OC)c(OC)cc1/C=C/C(=O)c1ccc(-c2cnc[nH]2)cc1. The third-order valence-corrected chi connectivity index (χ3v) is 4.13. The molecule has 1 aromatic heterocycles. The van der Waals surface area contributed by atoms with Gasteiger partial charge in [-0.1, -0.05) is 24.3 Å². The average Bonchev–Trinajstić information content (AvgIpc) is 3.26. The van der Waals surface area contributed by atoms with Crippen molar-refractivity contribution >= 4 is 11.9 Å². The number of benzene rings is 2. The molecule has 6 heteroatoms. The summed E-state index contributed by atoms with van der Waals surface area (Å²) in [6.45, 7) is 0. The number of nitrogens with zero attached hydrogens (tertiary/aromatic N) is 1. The molecular formula is C21H20N2O4. The second kappa shape index (κ2) is 8.23. The van der Waals surface area contributed by atoms with Gasteiger partial charge in [-0.05, 0) is 23.8 Å². The highest BCUT2D eigenvalue weighted by Crippen LogP contribution is 2.35. The van der Waals surface area contributed by atoms with E-state index in [1.807, 2.05) is 12.1 Å². The summed E-state index contributed by atoms with van der Waals surface area (Å²) in [4.78, 5) is 19.5. The molecule has 0 atom stereocenters. The number of imidazole rings is 1. The minimum Gasteiger partial charge on any atom is -0.496 e. The van der Waals surface area contributed by atoms with Gasteiger partial charge in [0.25, 0.3) is 0 Å². The maximum Gasteiger partial charge on any atom is 0.185 e. The summed E-state index contributed by atoms with van der Waals surface area (Å²) in [6, 6.07) is 10.8. The molecule has 0 unspecified atom stereocenters. The Balaban J connectivity index is 1.82. The molecule has 0 fully saturated rings. The minimum absolute atomic E-state index is 0.108. The van der Waals surface area contributed by atoms with Gasteiger partial charge in [-0.15, -0.1) is 0 Å². The second-order valence-electron chi connectivity index (χ2n) is 5.69. The van der Waals surface area contributed by atoms with Gasteiger partial charge in [-0.25, -0.2) is 4.98 Å². The van der Waals surface area contributed by atoms with Crippen LogP contribution in [0.5, 0.6) is 17.2 Å². The quantitative estimate of drug-likeness (QED) is 0.507. The molecule has 0 aliphatic heterocycles. The first-order valence-electron chi connectivity index (χ1n) is 8.27. The lowest BCUT2D eigenvalue weighted by Gasteiger charge is -2.12. The third-order valence-electron chi connectivity index (χ3n) is 4.13. The zero-order valence-electron chi connectivity index (χ0n) is 15.4. The summed E-state index contributed by atoms with van der Waals surface area (Å²) in [5.41, 5.74) is 3.18. The van der Waals surface area contributed by atoms with Crippen molar-refractivity contribution in [3.63, 3.8) is 0 Å². The monoisotopic (exact) mass is 364 g/mol. The molecule has 0 aliphatic rings. The van der Waals surface area contributed by atoms with Crippen LogP contribution in [0.3, 0.4) is 0 Å². The first-order chi connectivity index (χ1) is 13.2. The van der Waals surface area contributed by atoms with Crippen molar-refractivity contribution < 1.29 is 19.0 Å². The summed E-state index contributed by atoms with van der Waals surface area (Å²) in [5, 5.41) is 0. The first-order valence-corrected chi connectivity index (χ1v) is 8.27. The lowest BCUT2D eigenvalue weighted by atomic mass is 10.1. The molecule has 0 aliphatic carbocycles. The topological polar surface area (TPSA) is 73.4 Å². The highest BCUT2D eigenvalue weighted by molar-refractivity contribution is 6.07. The molecule has 0 spiro atoms. The second-order valence-corrected chi connectivity index (χ2v) is 5.69. The molecule has 6 nitrogen and oxygen atoms in total. The Bertz CT molecular complexity index is 945. The number of aromatic amines is 1. The standard InChI is InChI=1S/C21H20N2O4/c1-25-19-11-21(27-3)20(26-2)10-16(19)8-9-18(24)15-6-4-14(5-7-15)17-12-22-13-23-17/h4-13H,1-3H3,(H,22,23)/b9-8+. The number of allylic oxidation sites excluding steroid dienone is 1. The molecule has 138 valence electrons. The lowest BCUT2D eigenvalue weighted by Crippen LogP contribution is -1.96. The predicted octanol–water partition coefficient (Wildman–Crippen LogP) is 4.00. The van der Waals surface area contributed by atoms with Crippen LogP contribution in [0.1, 0.15) is 15.9 Å². The summed E-state index contributed by atoms with van der Waals surface area (Å²) in [6.07, 6.45) is 6.56. The molecule has 1 N–H and O–H groups in total. The highest BCUT2D eigenvalue weighted by Gasteiger charge is 2.11. The van der Waals surface area contributed by atoms with Crippen LogP contribution >= 0.6 is 0 Å². The summed E-state index contributed by atoms with van der Waals surface area (Å²) in [7, 11) is 4.68. The van der Waals surface area contributed by atoms with Crippen LogP contribution in [0.4, 0.5) is 0 Å². The van der Waals surface area contributed by atoms with Gasteiger partial charge in [0.05, 0.1) is 39.5 Å². The molecule has 0 saturated heterocycles. The van der Waals surface area contributed by atoms with E-state index >= 15 is 0 Å². The van der Waals surface area contributed by atoms with Crippen LogP contribution in [0.2, 0.25) is 0 Å². The van der Waals surface area contributed by atoms with Gasteiger partial charge >= 0.3 is 0 Å². The first kappa shape index (κ1) is 18.3. The normalized spacial score (nSPS) is 10.8. The number of carbonyl (C=O) groups is 1. The zero-order valence-corrected chi connectivity index (χ0v) is 15.4.